The van der Waals surface area contributed by atoms with Crippen molar-refractivity contribution in [2.24, 2.45) is 0 Å². The molecule has 2 aromatic carbocycles. The molecular formula is C19H22Cl2N2O2. The van der Waals surface area contributed by atoms with Crippen molar-refractivity contribution in [3.63, 3.8) is 0 Å². The van der Waals surface area contributed by atoms with E-state index in [0.29, 0.717) is 35.4 Å². The first-order chi connectivity index (χ1) is 12.1. The van der Waals surface area contributed by atoms with Gasteiger partial charge in [0.25, 0.3) is 0 Å². The molecule has 0 aliphatic carbocycles. The predicted octanol–water partition coefficient (Wildman–Crippen LogP) is 5.45. The Balaban J connectivity index is 2.05. The summed E-state index contributed by atoms with van der Waals surface area (Å²) in [4.78, 5) is 14.5. The number of hydrogen-bond donors (Lipinski definition) is 1. The highest BCUT2D eigenvalue weighted by atomic mass is 35.5. The molecule has 0 fully saturated rings. The van der Waals surface area contributed by atoms with Crippen LogP contribution in [0.2, 0.25) is 10.0 Å². The third-order valence-electron chi connectivity index (χ3n) is 3.64. The number of hydrogen-bond acceptors (Lipinski definition) is 2. The average molecular weight is 381 g/mol. The molecule has 0 aromatic heterocycles. The molecule has 0 unspecified atom stereocenters. The standard InChI is InChI=1S/C19H22Cl2N2O2/c1-25-10-6-5-9-23(14-15-7-3-2-4-8-15)19(24)22-18-12-16(20)11-17(21)13-18/h2-4,7-8,11-13H,5-6,9-10,14H2,1H3,(H,22,24). The maximum Gasteiger partial charge on any atom is 0.322 e. The number of methoxy groups -OCH3 is 1. The van der Waals surface area contributed by atoms with Crippen molar-refractivity contribution >= 4 is 34.9 Å². The number of urea groups is 1. The first-order valence-electron chi connectivity index (χ1n) is 8.13. The van der Waals surface area contributed by atoms with Crippen molar-refractivity contribution in [3.05, 3.63) is 64.1 Å². The minimum atomic E-state index is -0.181. The minimum absolute atomic E-state index is 0.181. The Kier molecular flexibility index (Phi) is 8.06. The van der Waals surface area contributed by atoms with Crippen molar-refractivity contribution in [1.82, 2.24) is 4.90 Å². The van der Waals surface area contributed by atoms with Gasteiger partial charge in [0.15, 0.2) is 0 Å². The van der Waals surface area contributed by atoms with E-state index < -0.39 is 0 Å². The Morgan fingerprint density at radius 2 is 1.76 bits per heavy atom. The number of nitrogens with one attached hydrogen (secondary N) is 1. The first-order valence-corrected chi connectivity index (χ1v) is 8.89. The van der Waals surface area contributed by atoms with Crippen LogP contribution in [0.25, 0.3) is 0 Å². The number of ether oxygens (including phenoxy) is 1. The van der Waals surface area contributed by atoms with Gasteiger partial charge in [0.1, 0.15) is 0 Å². The van der Waals surface area contributed by atoms with Crippen LogP contribution in [0.5, 0.6) is 0 Å². The first kappa shape index (κ1) is 19.6. The fraction of sp³-hybridized carbons (Fsp3) is 0.316. The Morgan fingerprint density at radius 3 is 2.40 bits per heavy atom. The second-order valence-electron chi connectivity index (χ2n) is 5.70. The van der Waals surface area contributed by atoms with Gasteiger partial charge in [-0.15, -0.1) is 0 Å². The lowest BCUT2D eigenvalue weighted by Gasteiger charge is -2.23. The van der Waals surface area contributed by atoms with Crippen LogP contribution < -0.4 is 5.32 Å². The van der Waals surface area contributed by atoms with E-state index in [2.05, 4.69) is 5.32 Å². The van der Waals surface area contributed by atoms with Crippen LogP contribution >= 0.6 is 23.2 Å². The van der Waals surface area contributed by atoms with Gasteiger partial charge in [0, 0.05) is 42.5 Å². The summed E-state index contributed by atoms with van der Waals surface area (Å²) in [5.41, 5.74) is 1.66. The van der Waals surface area contributed by atoms with Crippen LogP contribution in [-0.4, -0.2) is 31.2 Å². The molecule has 0 saturated heterocycles. The van der Waals surface area contributed by atoms with Gasteiger partial charge in [0.2, 0.25) is 0 Å². The van der Waals surface area contributed by atoms with Gasteiger partial charge in [-0.25, -0.2) is 4.79 Å². The van der Waals surface area contributed by atoms with Gasteiger partial charge in [-0.05, 0) is 36.6 Å². The summed E-state index contributed by atoms with van der Waals surface area (Å²) >= 11 is 12.0. The summed E-state index contributed by atoms with van der Waals surface area (Å²) in [6.45, 7) is 1.86. The number of rotatable bonds is 8. The molecule has 0 spiro atoms. The summed E-state index contributed by atoms with van der Waals surface area (Å²) in [6.07, 6.45) is 1.77. The van der Waals surface area contributed by atoms with Crippen LogP contribution in [0.15, 0.2) is 48.5 Å². The van der Waals surface area contributed by atoms with Crippen molar-refractivity contribution in [1.29, 1.82) is 0 Å². The van der Waals surface area contributed by atoms with Gasteiger partial charge < -0.3 is 15.0 Å². The monoisotopic (exact) mass is 380 g/mol. The van der Waals surface area contributed by atoms with Crippen LogP contribution in [0.1, 0.15) is 18.4 Å². The smallest absolute Gasteiger partial charge is 0.322 e. The Hall–Kier alpha value is -1.75. The van der Waals surface area contributed by atoms with E-state index in [9.17, 15) is 4.79 Å². The van der Waals surface area contributed by atoms with Crippen molar-refractivity contribution < 1.29 is 9.53 Å². The van der Waals surface area contributed by atoms with E-state index in [1.54, 1.807) is 30.2 Å². The Morgan fingerprint density at radius 1 is 1.08 bits per heavy atom. The van der Waals surface area contributed by atoms with E-state index in [-0.39, 0.29) is 6.03 Å². The molecule has 0 aliphatic heterocycles. The van der Waals surface area contributed by atoms with E-state index >= 15 is 0 Å². The summed E-state index contributed by atoms with van der Waals surface area (Å²) in [5.74, 6) is 0. The molecule has 2 rings (SSSR count). The van der Waals surface area contributed by atoms with Gasteiger partial charge in [0.05, 0.1) is 0 Å². The molecule has 0 aliphatic rings. The normalized spacial score (nSPS) is 10.5. The number of nitrogens with zero attached hydrogens (tertiary/aromatic N) is 1. The zero-order valence-corrected chi connectivity index (χ0v) is 15.7. The second-order valence-corrected chi connectivity index (χ2v) is 6.57. The van der Waals surface area contributed by atoms with Gasteiger partial charge in [-0.1, -0.05) is 53.5 Å². The van der Waals surface area contributed by atoms with Crippen molar-refractivity contribution in [2.75, 3.05) is 25.6 Å². The third-order valence-corrected chi connectivity index (χ3v) is 4.08. The number of halogens is 2. The lowest BCUT2D eigenvalue weighted by atomic mass is 10.2. The molecular weight excluding hydrogens is 359 g/mol. The van der Waals surface area contributed by atoms with E-state index in [4.69, 9.17) is 27.9 Å². The lowest BCUT2D eigenvalue weighted by molar-refractivity contribution is 0.182. The molecule has 2 aromatic rings. The fourth-order valence-corrected chi connectivity index (χ4v) is 2.96. The summed E-state index contributed by atoms with van der Waals surface area (Å²) in [5, 5.41) is 3.84. The molecule has 0 atom stereocenters. The number of carbonyl (C=O) groups excluding carboxylic acids is 1. The molecule has 134 valence electrons. The summed E-state index contributed by atoms with van der Waals surface area (Å²) in [6, 6.07) is 14.7. The SMILES string of the molecule is COCCCCN(Cc1ccccc1)C(=O)Nc1cc(Cl)cc(Cl)c1. The number of carbonyl (C=O) groups is 1. The number of amides is 2. The largest absolute Gasteiger partial charge is 0.385 e. The van der Waals surface area contributed by atoms with E-state index in [1.165, 1.54) is 0 Å². The van der Waals surface area contributed by atoms with Gasteiger partial charge in [-0.2, -0.15) is 0 Å². The Labute approximate surface area is 158 Å². The lowest BCUT2D eigenvalue weighted by Crippen LogP contribution is -2.35. The quantitative estimate of drug-likeness (QED) is 0.618. The van der Waals surface area contributed by atoms with Crippen LogP contribution in [0.4, 0.5) is 10.5 Å². The predicted molar refractivity (Wildman–Crippen MR) is 103 cm³/mol. The van der Waals surface area contributed by atoms with Crippen molar-refractivity contribution in [3.8, 4) is 0 Å². The Bertz CT molecular complexity index is 660. The van der Waals surface area contributed by atoms with Crippen LogP contribution in [0.3, 0.4) is 0 Å². The third kappa shape index (κ3) is 6.94. The van der Waals surface area contributed by atoms with Crippen molar-refractivity contribution in [2.45, 2.75) is 19.4 Å². The molecule has 0 bridgehead atoms. The number of unbranched alkanes of at least 4 members (excludes halogenated alkanes) is 1. The highest BCUT2D eigenvalue weighted by Crippen LogP contribution is 2.23. The highest BCUT2D eigenvalue weighted by Gasteiger charge is 2.14. The molecule has 4 nitrogen and oxygen atoms in total. The summed E-state index contributed by atoms with van der Waals surface area (Å²) in [7, 11) is 1.68. The number of anilines is 1. The molecule has 25 heavy (non-hydrogen) atoms. The molecule has 0 radical (unpaired) electrons. The van der Waals surface area contributed by atoms with Crippen LogP contribution in [0, 0.1) is 0 Å². The van der Waals surface area contributed by atoms with Gasteiger partial charge >= 0.3 is 6.03 Å². The maximum absolute atomic E-state index is 12.7. The second kappa shape index (κ2) is 10.3. The fourth-order valence-electron chi connectivity index (χ4n) is 2.43. The molecule has 6 heteroatoms. The summed E-state index contributed by atoms with van der Waals surface area (Å²) < 4.78 is 5.08. The minimum Gasteiger partial charge on any atom is -0.385 e. The van der Waals surface area contributed by atoms with Crippen LogP contribution in [-0.2, 0) is 11.3 Å². The highest BCUT2D eigenvalue weighted by molar-refractivity contribution is 6.35. The molecule has 2 amide bonds. The number of benzene rings is 2. The zero-order chi connectivity index (χ0) is 18.1. The molecule has 0 heterocycles. The van der Waals surface area contributed by atoms with E-state index in [0.717, 1.165) is 18.4 Å². The average Bonchev–Trinajstić information content (AvgIpc) is 2.57. The zero-order valence-electron chi connectivity index (χ0n) is 14.2. The maximum atomic E-state index is 12.7. The molecule has 1 N–H and O–H groups in total. The van der Waals surface area contributed by atoms with E-state index in [1.807, 2.05) is 30.3 Å². The topological polar surface area (TPSA) is 41.6 Å². The molecule has 0 saturated carbocycles. The van der Waals surface area contributed by atoms with Gasteiger partial charge in [-0.3, -0.25) is 0 Å².